The Hall–Kier alpha value is -2.41. The number of amides is 2. The van der Waals surface area contributed by atoms with Gasteiger partial charge in [0.2, 0.25) is 11.8 Å². The Labute approximate surface area is 148 Å². The van der Waals surface area contributed by atoms with Gasteiger partial charge in [0.05, 0.1) is 6.04 Å². The van der Waals surface area contributed by atoms with E-state index in [2.05, 4.69) is 10.6 Å². The zero-order valence-corrected chi connectivity index (χ0v) is 14.9. The van der Waals surface area contributed by atoms with Gasteiger partial charge in [-0.2, -0.15) is 0 Å². The van der Waals surface area contributed by atoms with Gasteiger partial charge in [-0.15, -0.1) is 0 Å². The highest BCUT2D eigenvalue weighted by Crippen LogP contribution is 2.06. The van der Waals surface area contributed by atoms with Gasteiger partial charge in [0.25, 0.3) is 0 Å². The second-order valence-corrected chi connectivity index (χ2v) is 6.56. The molecular weight excluding hydrogens is 322 g/mol. The van der Waals surface area contributed by atoms with Crippen molar-refractivity contribution >= 4 is 17.8 Å². The van der Waals surface area contributed by atoms with E-state index in [0.29, 0.717) is 12.8 Å². The molecule has 0 spiro atoms. The van der Waals surface area contributed by atoms with Crippen molar-refractivity contribution in [2.24, 2.45) is 11.7 Å². The fraction of sp³-hybridized carbons (Fsp3) is 0.500. The number of carbonyl (C=O) groups excluding carboxylic acids is 2. The Morgan fingerprint density at radius 2 is 1.64 bits per heavy atom. The van der Waals surface area contributed by atoms with Crippen molar-refractivity contribution in [3.63, 3.8) is 0 Å². The molecule has 1 rings (SSSR count). The average Bonchev–Trinajstić information content (AvgIpc) is 2.54. The van der Waals surface area contributed by atoms with E-state index in [1.54, 1.807) is 0 Å². The van der Waals surface area contributed by atoms with Gasteiger partial charge >= 0.3 is 5.97 Å². The molecule has 5 N–H and O–H groups in total. The van der Waals surface area contributed by atoms with Crippen LogP contribution in [-0.2, 0) is 20.8 Å². The molecule has 1 aromatic rings. The van der Waals surface area contributed by atoms with Crippen molar-refractivity contribution in [2.75, 3.05) is 0 Å². The van der Waals surface area contributed by atoms with Crippen LogP contribution in [0.5, 0.6) is 0 Å². The lowest BCUT2D eigenvalue weighted by molar-refractivity contribution is -0.142. The summed E-state index contributed by atoms with van der Waals surface area (Å²) in [5, 5.41) is 14.1. The maximum absolute atomic E-state index is 12.1. The van der Waals surface area contributed by atoms with E-state index in [1.807, 2.05) is 44.2 Å². The largest absolute Gasteiger partial charge is 0.480 e. The van der Waals surface area contributed by atoms with Crippen LogP contribution in [-0.4, -0.2) is 41.0 Å². The molecule has 0 radical (unpaired) electrons. The molecule has 7 nitrogen and oxygen atoms in total. The number of benzene rings is 1. The zero-order valence-electron chi connectivity index (χ0n) is 14.9. The summed E-state index contributed by atoms with van der Waals surface area (Å²) >= 11 is 0. The molecule has 138 valence electrons. The normalized spacial score (nSPS) is 14.4. The standard InChI is InChI=1S/C18H27N3O4/c1-11(2)9-15(18(24)25)21-16(22)12(3)20-17(23)14(19)10-13-7-5-4-6-8-13/h4-8,11-12,14-15H,9-10,19H2,1-3H3,(H,20,23)(H,21,22)(H,24,25). The molecule has 0 aliphatic rings. The highest BCUT2D eigenvalue weighted by molar-refractivity contribution is 5.91. The number of carboxylic acid groups (broad SMARTS) is 1. The Kier molecular flexibility index (Phi) is 8.07. The van der Waals surface area contributed by atoms with Gasteiger partial charge in [-0.1, -0.05) is 44.2 Å². The predicted octanol–water partition coefficient (Wildman–Crippen LogP) is 0.677. The highest BCUT2D eigenvalue weighted by atomic mass is 16.4. The number of hydrogen-bond acceptors (Lipinski definition) is 4. The van der Waals surface area contributed by atoms with Crippen LogP contribution in [0.3, 0.4) is 0 Å². The van der Waals surface area contributed by atoms with Crippen LogP contribution in [0.2, 0.25) is 0 Å². The van der Waals surface area contributed by atoms with E-state index in [0.717, 1.165) is 5.56 Å². The van der Waals surface area contributed by atoms with Crippen LogP contribution in [0, 0.1) is 5.92 Å². The van der Waals surface area contributed by atoms with Crippen molar-refractivity contribution in [1.82, 2.24) is 10.6 Å². The second-order valence-electron chi connectivity index (χ2n) is 6.56. The molecule has 7 heteroatoms. The van der Waals surface area contributed by atoms with Crippen LogP contribution < -0.4 is 16.4 Å². The molecule has 2 amide bonds. The molecule has 0 aliphatic carbocycles. The van der Waals surface area contributed by atoms with E-state index in [9.17, 15) is 14.4 Å². The molecule has 0 aromatic heterocycles. The van der Waals surface area contributed by atoms with Crippen molar-refractivity contribution in [2.45, 2.75) is 51.7 Å². The van der Waals surface area contributed by atoms with Gasteiger partial charge in [-0.25, -0.2) is 4.79 Å². The van der Waals surface area contributed by atoms with Gasteiger partial charge < -0.3 is 21.5 Å². The highest BCUT2D eigenvalue weighted by Gasteiger charge is 2.25. The minimum absolute atomic E-state index is 0.116. The van der Waals surface area contributed by atoms with Crippen LogP contribution in [0.15, 0.2) is 30.3 Å². The van der Waals surface area contributed by atoms with Crippen molar-refractivity contribution in [3.8, 4) is 0 Å². The first kappa shape index (κ1) is 20.6. The SMILES string of the molecule is CC(C)CC(NC(=O)C(C)NC(=O)C(N)Cc1ccccc1)C(=O)O. The van der Waals surface area contributed by atoms with E-state index >= 15 is 0 Å². The number of nitrogens with two attached hydrogens (primary N) is 1. The Balaban J connectivity index is 2.55. The minimum atomic E-state index is -1.10. The number of nitrogens with one attached hydrogen (secondary N) is 2. The summed E-state index contributed by atoms with van der Waals surface area (Å²) in [6.45, 7) is 5.24. The third-order valence-corrected chi connectivity index (χ3v) is 3.71. The predicted molar refractivity (Wildman–Crippen MR) is 94.7 cm³/mol. The number of rotatable bonds is 9. The summed E-state index contributed by atoms with van der Waals surface area (Å²) in [4.78, 5) is 35.5. The zero-order chi connectivity index (χ0) is 19.0. The van der Waals surface area contributed by atoms with E-state index < -0.39 is 35.9 Å². The molecule has 0 saturated heterocycles. The molecule has 3 unspecified atom stereocenters. The lowest BCUT2D eigenvalue weighted by Crippen LogP contribution is -2.53. The maximum atomic E-state index is 12.1. The van der Waals surface area contributed by atoms with Crippen LogP contribution >= 0.6 is 0 Å². The molecule has 0 heterocycles. The number of hydrogen-bond donors (Lipinski definition) is 4. The Morgan fingerprint density at radius 3 is 2.16 bits per heavy atom. The quantitative estimate of drug-likeness (QED) is 0.522. The number of carbonyl (C=O) groups is 3. The Morgan fingerprint density at radius 1 is 1.04 bits per heavy atom. The van der Waals surface area contributed by atoms with Gasteiger partial charge in [-0.05, 0) is 31.2 Å². The third-order valence-electron chi connectivity index (χ3n) is 3.71. The molecular formula is C18H27N3O4. The van der Waals surface area contributed by atoms with Crippen LogP contribution in [0.4, 0.5) is 0 Å². The van der Waals surface area contributed by atoms with E-state index in [-0.39, 0.29) is 5.92 Å². The van der Waals surface area contributed by atoms with Gasteiger partial charge in [0.1, 0.15) is 12.1 Å². The third kappa shape index (κ3) is 7.34. The smallest absolute Gasteiger partial charge is 0.326 e. The molecule has 0 saturated carbocycles. The molecule has 0 fully saturated rings. The lowest BCUT2D eigenvalue weighted by Gasteiger charge is -2.21. The van der Waals surface area contributed by atoms with Crippen molar-refractivity contribution in [1.29, 1.82) is 0 Å². The van der Waals surface area contributed by atoms with Crippen molar-refractivity contribution in [3.05, 3.63) is 35.9 Å². The Bertz CT molecular complexity index is 589. The molecule has 25 heavy (non-hydrogen) atoms. The first-order valence-electron chi connectivity index (χ1n) is 8.33. The van der Waals surface area contributed by atoms with Gasteiger partial charge in [-0.3, -0.25) is 9.59 Å². The first-order chi connectivity index (χ1) is 11.7. The topological polar surface area (TPSA) is 122 Å². The van der Waals surface area contributed by atoms with Crippen LogP contribution in [0.1, 0.15) is 32.8 Å². The van der Waals surface area contributed by atoms with Gasteiger partial charge in [0, 0.05) is 0 Å². The molecule has 1 aromatic carbocycles. The summed E-state index contributed by atoms with van der Waals surface area (Å²) in [6, 6.07) is 6.68. The number of aliphatic carboxylic acids is 1. The second kappa shape index (κ2) is 9.78. The summed E-state index contributed by atoms with van der Waals surface area (Å²) < 4.78 is 0. The van der Waals surface area contributed by atoms with Crippen molar-refractivity contribution < 1.29 is 19.5 Å². The monoisotopic (exact) mass is 349 g/mol. The fourth-order valence-corrected chi connectivity index (χ4v) is 2.34. The molecule has 0 bridgehead atoms. The summed E-state index contributed by atoms with van der Waals surface area (Å²) in [5.74, 6) is -1.98. The molecule has 0 aliphatic heterocycles. The lowest BCUT2D eigenvalue weighted by atomic mass is 10.0. The first-order valence-corrected chi connectivity index (χ1v) is 8.33. The number of carboxylic acids is 1. The minimum Gasteiger partial charge on any atom is -0.480 e. The van der Waals surface area contributed by atoms with Crippen LogP contribution in [0.25, 0.3) is 0 Å². The summed E-state index contributed by atoms with van der Waals surface area (Å²) in [6.07, 6.45) is 0.668. The van der Waals surface area contributed by atoms with E-state index in [4.69, 9.17) is 10.8 Å². The van der Waals surface area contributed by atoms with Gasteiger partial charge in [0.15, 0.2) is 0 Å². The average molecular weight is 349 g/mol. The molecule has 3 atom stereocenters. The maximum Gasteiger partial charge on any atom is 0.326 e. The summed E-state index contributed by atoms with van der Waals surface area (Å²) in [7, 11) is 0. The van der Waals surface area contributed by atoms with E-state index in [1.165, 1.54) is 6.92 Å². The fourth-order valence-electron chi connectivity index (χ4n) is 2.34. The summed E-state index contributed by atoms with van der Waals surface area (Å²) in [5.41, 5.74) is 6.80.